The van der Waals surface area contributed by atoms with Crippen molar-refractivity contribution in [2.75, 3.05) is 34.2 Å². The lowest BCUT2D eigenvalue weighted by molar-refractivity contribution is -0.134. The first-order valence-electron chi connectivity index (χ1n) is 8.50. The van der Waals surface area contributed by atoms with E-state index in [-0.39, 0.29) is 11.7 Å². The molecule has 27 heavy (non-hydrogen) atoms. The molecule has 2 fully saturated rings. The first-order valence-corrected chi connectivity index (χ1v) is 8.50. The molecule has 10 nitrogen and oxygen atoms in total. The number of carboxylic acids is 2. The predicted molar refractivity (Wildman–Crippen MR) is 96.6 cm³/mol. The number of nitrogens with zero attached hydrogens (tertiary/aromatic N) is 3. The van der Waals surface area contributed by atoms with Gasteiger partial charge in [0.1, 0.15) is 0 Å². The van der Waals surface area contributed by atoms with Crippen LogP contribution in [0.1, 0.15) is 26.2 Å². The minimum absolute atomic E-state index is 0.0710. The van der Waals surface area contributed by atoms with Crippen molar-refractivity contribution in [3.05, 3.63) is 12.2 Å². The van der Waals surface area contributed by atoms with Gasteiger partial charge in [-0.1, -0.05) is 5.16 Å². The predicted octanol–water partition coefficient (Wildman–Crippen LogP) is 1.03. The van der Waals surface area contributed by atoms with Gasteiger partial charge in [-0.05, 0) is 26.8 Å². The van der Waals surface area contributed by atoms with E-state index in [2.05, 4.69) is 17.1 Å². The summed E-state index contributed by atoms with van der Waals surface area (Å²) in [5, 5.41) is 19.6. The lowest BCUT2D eigenvalue weighted by Gasteiger charge is -2.36. The van der Waals surface area contributed by atoms with Crippen molar-refractivity contribution in [2.24, 2.45) is 5.16 Å². The van der Waals surface area contributed by atoms with Crippen LogP contribution in [0.4, 0.5) is 4.79 Å². The fourth-order valence-electron chi connectivity index (χ4n) is 2.71. The van der Waals surface area contributed by atoms with Crippen LogP contribution in [-0.4, -0.2) is 89.7 Å². The molecule has 2 aliphatic rings. The highest BCUT2D eigenvalue weighted by molar-refractivity contribution is 5.91. The summed E-state index contributed by atoms with van der Waals surface area (Å²) in [5.41, 5.74) is 0.731. The molecule has 0 aromatic rings. The number of amides is 1. The second kappa shape index (κ2) is 10.0. The fourth-order valence-corrected chi connectivity index (χ4v) is 2.71. The molecule has 0 saturated carbocycles. The molecule has 2 heterocycles. The summed E-state index contributed by atoms with van der Waals surface area (Å²) >= 11 is 0. The second-order valence-corrected chi connectivity index (χ2v) is 6.77. The highest BCUT2D eigenvalue weighted by Gasteiger charge is 2.44. The summed E-state index contributed by atoms with van der Waals surface area (Å²) in [6, 6.07) is 0. The van der Waals surface area contributed by atoms with E-state index in [9.17, 15) is 14.4 Å². The second-order valence-electron chi connectivity index (χ2n) is 6.77. The first kappa shape index (κ1) is 22.6. The lowest BCUT2D eigenvalue weighted by Crippen LogP contribution is -2.42. The smallest absolute Gasteiger partial charge is 0.435 e. The summed E-state index contributed by atoms with van der Waals surface area (Å²) in [6.07, 6.45) is 3.37. The third kappa shape index (κ3) is 7.75. The molecule has 0 aromatic heterocycles. The van der Waals surface area contributed by atoms with Crippen molar-refractivity contribution in [2.45, 2.75) is 37.9 Å². The Labute approximate surface area is 158 Å². The number of oxime groups is 1. The number of rotatable bonds is 3. The molecule has 2 saturated heterocycles. The number of ether oxygens (including phenoxy) is 1. The molecule has 1 atom stereocenters. The SMILES string of the molecule is CC1OC2(CCN(C)CC2)CC1=NOC(=O)N(C)C.O=C(O)/C=C/C(=O)O. The largest absolute Gasteiger partial charge is 0.478 e. The Balaban J connectivity index is 0.000000387. The topological polar surface area (TPSA) is 129 Å². The summed E-state index contributed by atoms with van der Waals surface area (Å²) in [7, 11) is 5.39. The van der Waals surface area contributed by atoms with Gasteiger partial charge in [0, 0.05) is 45.8 Å². The first-order chi connectivity index (χ1) is 12.5. The van der Waals surface area contributed by atoms with Gasteiger partial charge in [0.2, 0.25) is 0 Å². The fraction of sp³-hybridized carbons (Fsp3) is 0.647. The minimum atomic E-state index is -1.26. The van der Waals surface area contributed by atoms with Crippen molar-refractivity contribution in [3.8, 4) is 0 Å². The van der Waals surface area contributed by atoms with Crippen LogP contribution in [0.25, 0.3) is 0 Å². The minimum Gasteiger partial charge on any atom is -0.478 e. The van der Waals surface area contributed by atoms with Crippen molar-refractivity contribution in [1.82, 2.24) is 9.80 Å². The number of piperidine rings is 1. The summed E-state index contributed by atoms with van der Waals surface area (Å²) in [4.78, 5) is 39.0. The molecule has 1 unspecified atom stereocenters. The molecule has 1 amide bonds. The Morgan fingerprint density at radius 1 is 1.22 bits per heavy atom. The van der Waals surface area contributed by atoms with Crippen LogP contribution in [0.5, 0.6) is 0 Å². The van der Waals surface area contributed by atoms with Gasteiger partial charge in [0.25, 0.3) is 0 Å². The van der Waals surface area contributed by atoms with Gasteiger partial charge in [-0.15, -0.1) is 0 Å². The van der Waals surface area contributed by atoms with Gasteiger partial charge in [-0.2, -0.15) is 0 Å². The third-order valence-electron chi connectivity index (χ3n) is 4.27. The summed E-state index contributed by atoms with van der Waals surface area (Å²) < 4.78 is 6.08. The van der Waals surface area contributed by atoms with E-state index in [0.29, 0.717) is 12.2 Å². The molecule has 10 heteroatoms. The molecule has 0 radical (unpaired) electrons. The number of carbonyl (C=O) groups is 3. The number of aliphatic carboxylic acids is 2. The summed E-state index contributed by atoms with van der Waals surface area (Å²) in [6.45, 7) is 4.05. The molecule has 0 aliphatic carbocycles. The molecular weight excluding hydrogens is 358 g/mol. The molecule has 0 aromatic carbocycles. The Bertz CT molecular complexity index is 592. The molecule has 2 rings (SSSR count). The van der Waals surface area contributed by atoms with E-state index >= 15 is 0 Å². The van der Waals surface area contributed by atoms with E-state index < -0.39 is 18.0 Å². The molecule has 0 bridgehead atoms. The third-order valence-corrected chi connectivity index (χ3v) is 4.27. The van der Waals surface area contributed by atoms with E-state index in [4.69, 9.17) is 19.8 Å². The number of likely N-dealkylation sites (tertiary alicyclic amines) is 1. The van der Waals surface area contributed by atoms with E-state index in [0.717, 1.165) is 38.1 Å². The Kier molecular flexibility index (Phi) is 8.38. The van der Waals surface area contributed by atoms with E-state index in [1.807, 2.05) is 6.92 Å². The van der Waals surface area contributed by atoms with Gasteiger partial charge in [-0.3, -0.25) is 4.84 Å². The van der Waals surface area contributed by atoms with Crippen molar-refractivity contribution in [1.29, 1.82) is 0 Å². The van der Waals surface area contributed by atoms with Crippen LogP contribution in [-0.2, 0) is 19.2 Å². The van der Waals surface area contributed by atoms with Crippen LogP contribution in [0, 0.1) is 0 Å². The highest BCUT2D eigenvalue weighted by Crippen LogP contribution is 2.37. The quantitative estimate of drug-likeness (QED) is 0.419. The number of hydrogen-bond acceptors (Lipinski definition) is 7. The van der Waals surface area contributed by atoms with Crippen LogP contribution in [0.15, 0.2) is 17.3 Å². The van der Waals surface area contributed by atoms with Crippen LogP contribution in [0.3, 0.4) is 0 Å². The zero-order valence-electron chi connectivity index (χ0n) is 16.0. The van der Waals surface area contributed by atoms with Crippen LogP contribution < -0.4 is 0 Å². The van der Waals surface area contributed by atoms with Crippen molar-refractivity contribution in [3.63, 3.8) is 0 Å². The molecule has 2 aliphatic heterocycles. The van der Waals surface area contributed by atoms with Crippen LogP contribution in [0.2, 0.25) is 0 Å². The average molecular weight is 385 g/mol. The normalized spacial score (nSPS) is 23.1. The van der Waals surface area contributed by atoms with Crippen molar-refractivity contribution < 1.29 is 34.2 Å². The molecular formula is C17H27N3O7. The van der Waals surface area contributed by atoms with Gasteiger partial charge in [0.15, 0.2) is 0 Å². The molecule has 152 valence electrons. The van der Waals surface area contributed by atoms with Crippen molar-refractivity contribution >= 4 is 23.7 Å². The zero-order chi connectivity index (χ0) is 20.6. The van der Waals surface area contributed by atoms with Gasteiger partial charge < -0.3 is 24.7 Å². The highest BCUT2D eigenvalue weighted by atomic mass is 16.7. The maximum Gasteiger partial charge on any atom is 0.435 e. The number of carboxylic acid groups (broad SMARTS) is 2. The Hall–Kier alpha value is -2.46. The maximum atomic E-state index is 11.4. The average Bonchev–Trinajstić information content (AvgIpc) is 2.90. The number of hydrogen-bond donors (Lipinski definition) is 2. The standard InChI is InChI=1S/C13H23N3O3.C4H4O4/c1-10-11(14-19-12(17)15(2)3)9-13(18-10)5-7-16(4)8-6-13;5-3(6)1-2-4(7)8/h10H,5-9H2,1-4H3;1-2H,(H,5,6)(H,7,8)/b;2-1+. The zero-order valence-corrected chi connectivity index (χ0v) is 16.0. The monoisotopic (exact) mass is 385 g/mol. The van der Waals surface area contributed by atoms with E-state index in [1.165, 1.54) is 4.90 Å². The van der Waals surface area contributed by atoms with Gasteiger partial charge in [-0.25, -0.2) is 14.4 Å². The maximum absolute atomic E-state index is 11.4. The van der Waals surface area contributed by atoms with E-state index in [1.54, 1.807) is 14.1 Å². The van der Waals surface area contributed by atoms with Gasteiger partial charge in [0.05, 0.1) is 17.4 Å². The summed E-state index contributed by atoms with van der Waals surface area (Å²) in [5.74, 6) is -2.51. The lowest BCUT2D eigenvalue weighted by atomic mass is 9.88. The molecule has 1 spiro atoms. The molecule has 2 N–H and O–H groups in total. The number of carbonyl (C=O) groups excluding carboxylic acids is 1. The van der Waals surface area contributed by atoms with Crippen LogP contribution >= 0.6 is 0 Å². The van der Waals surface area contributed by atoms with Gasteiger partial charge >= 0.3 is 18.0 Å². The Morgan fingerprint density at radius 3 is 2.19 bits per heavy atom. The Morgan fingerprint density at radius 2 is 1.74 bits per heavy atom.